The Bertz CT molecular complexity index is 1560. The van der Waals surface area contributed by atoms with E-state index >= 15 is 0 Å². The van der Waals surface area contributed by atoms with E-state index < -0.39 is 27.2 Å². The van der Waals surface area contributed by atoms with Crippen molar-refractivity contribution in [3.05, 3.63) is 74.8 Å². The Morgan fingerprint density at radius 3 is 2.57 bits per heavy atom. The molecule has 1 aliphatic rings. The second-order valence-electron chi connectivity index (χ2n) is 8.22. The van der Waals surface area contributed by atoms with E-state index in [0.29, 0.717) is 11.8 Å². The number of fused-ring (bicyclic) bond motifs is 1. The maximum Gasteiger partial charge on any atom is 0.280 e. The van der Waals surface area contributed by atoms with E-state index in [1.807, 2.05) is 0 Å². The predicted molar refractivity (Wildman–Crippen MR) is 134 cm³/mol. The van der Waals surface area contributed by atoms with Crippen LogP contribution in [0.5, 0.6) is 5.88 Å². The lowest BCUT2D eigenvalue weighted by atomic mass is 10.2. The molecule has 0 aliphatic carbocycles. The van der Waals surface area contributed by atoms with Gasteiger partial charge in [-0.25, -0.2) is 21.5 Å². The van der Waals surface area contributed by atoms with Gasteiger partial charge in [0.1, 0.15) is 30.7 Å². The topological polar surface area (TPSA) is 114 Å². The van der Waals surface area contributed by atoms with Crippen LogP contribution < -0.4 is 24.8 Å². The second-order valence-corrected chi connectivity index (χ2v) is 10.5. The molecule has 0 atom stereocenters. The van der Waals surface area contributed by atoms with Crippen molar-refractivity contribution >= 4 is 38.9 Å². The molecule has 0 saturated heterocycles. The molecule has 0 fully saturated rings. The molecule has 1 aromatic heterocycles. The van der Waals surface area contributed by atoms with Crippen LogP contribution in [0, 0.1) is 18.6 Å². The molecule has 1 N–H and O–H groups in total. The quantitative estimate of drug-likeness (QED) is 0.478. The third kappa shape index (κ3) is 5.15. The number of carbonyl (C=O) groups excluding carboxylic acids is 1. The lowest BCUT2D eigenvalue weighted by Gasteiger charge is -2.18. The summed E-state index contributed by atoms with van der Waals surface area (Å²) >= 11 is 6.23. The average Bonchev–Trinajstić information content (AvgIpc) is 3.21. The number of benzene rings is 2. The fraction of sp³-hybridized carbons (Fsp3) is 0.261. The summed E-state index contributed by atoms with van der Waals surface area (Å²) in [5.41, 5.74) is 0.150. The minimum absolute atomic E-state index is 0.000170. The van der Waals surface area contributed by atoms with Gasteiger partial charge in [-0.1, -0.05) is 11.6 Å². The molecular weight excluding hydrogens is 532 g/mol. The third-order valence-corrected chi connectivity index (χ3v) is 7.06. The molecule has 37 heavy (non-hydrogen) atoms. The van der Waals surface area contributed by atoms with Gasteiger partial charge in [0.15, 0.2) is 5.02 Å². The monoisotopic (exact) mass is 553 g/mol. The third-order valence-electron chi connectivity index (χ3n) is 5.62. The summed E-state index contributed by atoms with van der Waals surface area (Å²) in [7, 11) is -2.16. The van der Waals surface area contributed by atoms with E-state index in [0.717, 1.165) is 21.2 Å². The van der Waals surface area contributed by atoms with Gasteiger partial charge in [0.25, 0.3) is 5.56 Å². The van der Waals surface area contributed by atoms with Crippen LogP contribution in [-0.2, 0) is 21.4 Å². The summed E-state index contributed by atoms with van der Waals surface area (Å²) in [6.45, 7) is 0.950. The Balaban J connectivity index is 1.72. The van der Waals surface area contributed by atoms with Crippen LogP contribution >= 0.6 is 11.6 Å². The van der Waals surface area contributed by atoms with Gasteiger partial charge >= 0.3 is 0 Å². The highest BCUT2D eigenvalue weighted by molar-refractivity contribution is 7.92. The zero-order valence-electron chi connectivity index (χ0n) is 20.0. The fourth-order valence-electron chi connectivity index (χ4n) is 3.87. The van der Waals surface area contributed by atoms with Crippen molar-refractivity contribution in [3.8, 4) is 11.6 Å². The molecule has 2 heterocycles. The maximum atomic E-state index is 13.9. The van der Waals surface area contributed by atoms with Crippen LogP contribution in [0.4, 0.5) is 20.2 Å². The summed E-state index contributed by atoms with van der Waals surface area (Å²) in [4.78, 5) is 31.2. The Kier molecular flexibility index (Phi) is 7.22. The zero-order chi connectivity index (χ0) is 27.1. The van der Waals surface area contributed by atoms with Crippen molar-refractivity contribution < 1.29 is 26.7 Å². The van der Waals surface area contributed by atoms with Crippen LogP contribution in [-0.4, -0.2) is 50.4 Å². The number of likely N-dealkylation sites (N-methyl/N-ethyl adjacent to an activating group) is 1. The van der Waals surface area contributed by atoms with Crippen LogP contribution in [0.25, 0.3) is 5.69 Å². The highest BCUT2D eigenvalue weighted by Crippen LogP contribution is 2.39. The number of sulfonamides is 1. The summed E-state index contributed by atoms with van der Waals surface area (Å²) < 4.78 is 59.6. The molecule has 10 nitrogen and oxygen atoms in total. The second kappa shape index (κ2) is 10.1. The molecule has 0 bridgehead atoms. The van der Waals surface area contributed by atoms with E-state index in [4.69, 9.17) is 16.3 Å². The molecule has 0 radical (unpaired) electrons. The number of nitrogens with one attached hydrogen (secondary N) is 1. The molecule has 1 amide bonds. The number of hydrogen-bond donors (Lipinski definition) is 1. The fourth-order valence-corrected chi connectivity index (χ4v) is 4.88. The Labute approximate surface area is 216 Å². The summed E-state index contributed by atoms with van der Waals surface area (Å²) in [6.07, 6.45) is 1.02. The first-order valence-electron chi connectivity index (χ1n) is 10.9. The summed E-state index contributed by atoms with van der Waals surface area (Å²) in [5, 5.41) is 2.35. The van der Waals surface area contributed by atoms with E-state index in [1.165, 1.54) is 36.1 Å². The van der Waals surface area contributed by atoms with Crippen molar-refractivity contribution in [3.63, 3.8) is 0 Å². The predicted octanol–water partition coefficient (Wildman–Crippen LogP) is 2.34. The van der Waals surface area contributed by atoms with Crippen molar-refractivity contribution in [1.29, 1.82) is 0 Å². The van der Waals surface area contributed by atoms with Gasteiger partial charge < -0.3 is 10.1 Å². The molecule has 196 valence electrons. The molecular formula is C23H22ClF2N5O5S. The lowest BCUT2D eigenvalue weighted by Crippen LogP contribution is -2.41. The number of nitrogens with zero attached hydrogens (tertiary/aromatic N) is 4. The van der Waals surface area contributed by atoms with Crippen LogP contribution in [0.3, 0.4) is 0 Å². The van der Waals surface area contributed by atoms with Gasteiger partial charge in [-0.2, -0.15) is 4.98 Å². The number of hydrogen-bond acceptors (Lipinski definition) is 7. The van der Waals surface area contributed by atoms with Gasteiger partial charge in [0.2, 0.25) is 21.8 Å². The summed E-state index contributed by atoms with van der Waals surface area (Å²) in [5.74, 6) is -1.99. The van der Waals surface area contributed by atoms with E-state index in [9.17, 15) is 26.8 Å². The first-order valence-corrected chi connectivity index (χ1v) is 13.1. The molecule has 3 aromatic rings. The smallest absolute Gasteiger partial charge is 0.280 e. The minimum atomic E-state index is -3.76. The van der Waals surface area contributed by atoms with Gasteiger partial charge in [0.05, 0.1) is 29.9 Å². The Hall–Kier alpha value is -3.55. The number of halogens is 3. The van der Waals surface area contributed by atoms with Gasteiger partial charge in [-0.05, 0) is 44.3 Å². The first-order chi connectivity index (χ1) is 17.4. The SMILES string of the molecule is CNCC(=O)N1CN(S(C)(=O)=O)c2cc(-n3c(C)nc(OCc4ccc(F)cc4F)c(Cl)c3=O)ccc21. The molecule has 14 heteroatoms. The minimum Gasteiger partial charge on any atom is -0.471 e. The lowest BCUT2D eigenvalue weighted by molar-refractivity contribution is -0.117. The zero-order valence-corrected chi connectivity index (χ0v) is 21.5. The van der Waals surface area contributed by atoms with Crippen LogP contribution in [0.1, 0.15) is 11.4 Å². The Morgan fingerprint density at radius 1 is 1.19 bits per heavy atom. The van der Waals surface area contributed by atoms with Crippen LogP contribution in [0.15, 0.2) is 41.2 Å². The standard InChI is InChI=1S/C23H22ClF2N5O5S/c1-13-28-22(36-11-14-4-5-15(25)8-17(14)26)21(24)23(33)31(13)16-6-7-18-19(9-16)30(37(3,34)35)12-29(18)20(32)10-27-2/h4-9,27H,10-12H2,1-3H3. The number of aryl methyl sites for hydroxylation is 1. The Morgan fingerprint density at radius 2 is 1.92 bits per heavy atom. The number of ether oxygens (including phenoxy) is 1. The average molecular weight is 554 g/mol. The number of carbonyl (C=O) groups is 1. The van der Waals surface area contributed by atoms with E-state index in [-0.39, 0.29) is 59.4 Å². The molecule has 0 unspecified atom stereocenters. The van der Waals surface area contributed by atoms with Gasteiger partial charge in [-0.15, -0.1) is 0 Å². The number of anilines is 2. The molecule has 0 saturated carbocycles. The van der Waals surface area contributed by atoms with Crippen molar-refractivity contribution in [2.45, 2.75) is 13.5 Å². The van der Waals surface area contributed by atoms with E-state index in [2.05, 4.69) is 10.3 Å². The first kappa shape index (κ1) is 26.5. The van der Waals surface area contributed by atoms with Crippen LogP contribution in [0.2, 0.25) is 5.02 Å². The van der Waals surface area contributed by atoms with Crippen molar-refractivity contribution in [1.82, 2.24) is 14.9 Å². The van der Waals surface area contributed by atoms with Gasteiger partial charge in [-0.3, -0.25) is 19.1 Å². The maximum absolute atomic E-state index is 13.9. The normalized spacial score (nSPS) is 13.1. The number of rotatable bonds is 7. The highest BCUT2D eigenvalue weighted by atomic mass is 35.5. The summed E-state index contributed by atoms with van der Waals surface area (Å²) in [6, 6.07) is 7.49. The van der Waals surface area contributed by atoms with Gasteiger partial charge in [0, 0.05) is 11.6 Å². The largest absolute Gasteiger partial charge is 0.471 e. The molecule has 0 spiro atoms. The van der Waals surface area contributed by atoms with Crippen molar-refractivity contribution in [2.75, 3.05) is 35.7 Å². The van der Waals surface area contributed by atoms with Crippen molar-refractivity contribution in [2.24, 2.45) is 0 Å². The number of amides is 1. The molecule has 2 aromatic carbocycles. The van der Waals surface area contributed by atoms with E-state index in [1.54, 1.807) is 7.05 Å². The molecule has 1 aliphatic heterocycles. The number of aromatic nitrogens is 2. The highest BCUT2D eigenvalue weighted by Gasteiger charge is 2.35. The molecule has 4 rings (SSSR count).